The molecule has 1 atom stereocenters. The zero-order chi connectivity index (χ0) is 17.6. The molecular formula is C21H35NO2. The Morgan fingerprint density at radius 2 is 1.96 bits per heavy atom. The second-order valence-corrected chi connectivity index (χ2v) is 8.26. The van der Waals surface area contributed by atoms with E-state index in [0.717, 1.165) is 24.8 Å². The average Bonchev–Trinajstić information content (AvgIpc) is 2.49. The Morgan fingerprint density at radius 1 is 1.17 bits per heavy atom. The topological polar surface area (TPSA) is 21.7 Å². The summed E-state index contributed by atoms with van der Waals surface area (Å²) in [6.07, 6.45) is 2.70. The number of aryl methyl sites for hydroxylation is 1. The van der Waals surface area contributed by atoms with Gasteiger partial charge in [-0.15, -0.1) is 0 Å². The van der Waals surface area contributed by atoms with Gasteiger partial charge in [0, 0.05) is 13.1 Å². The first-order valence-corrected chi connectivity index (χ1v) is 9.40. The molecule has 1 aliphatic heterocycles. The first-order valence-electron chi connectivity index (χ1n) is 9.40. The highest BCUT2D eigenvalue weighted by molar-refractivity contribution is 5.41. The van der Waals surface area contributed by atoms with Crippen LogP contribution in [-0.2, 0) is 10.2 Å². The summed E-state index contributed by atoms with van der Waals surface area (Å²) in [6, 6.07) is 6.47. The number of ether oxygens (including phenoxy) is 2. The predicted molar refractivity (Wildman–Crippen MR) is 101 cm³/mol. The number of rotatable bonds is 7. The molecule has 0 aliphatic carbocycles. The lowest BCUT2D eigenvalue weighted by molar-refractivity contribution is 0.0685. The molecule has 1 aliphatic rings. The monoisotopic (exact) mass is 333 g/mol. The largest absolute Gasteiger partial charge is 0.491 e. The van der Waals surface area contributed by atoms with Crippen molar-refractivity contribution in [3.63, 3.8) is 0 Å². The number of hydrogen-bond donors (Lipinski definition) is 0. The van der Waals surface area contributed by atoms with E-state index in [1.807, 2.05) is 0 Å². The van der Waals surface area contributed by atoms with Gasteiger partial charge in [-0.2, -0.15) is 0 Å². The lowest BCUT2D eigenvalue weighted by atomic mass is 9.86. The first-order chi connectivity index (χ1) is 11.4. The second kappa shape index (κ2) is 8.87. The van der Waals surface area contributed by atoms with Crippen LogP contribution < -0.4 is 4.74 Å². The van der Waals surface area contributed by atoms with E-state index in [2.05, 4.69) is 57.7 Å². The van der Waals surface area contributed by atoms with E-state index in [1.165, 1.54) is 37.1 Å². The maximum absolute atomic E-state index is 6.01. The van der Waals surface area contributed by atoms with Gasteiger partial charge in [-0.1, -0.05) is 39.8 Å². The van der Waals surface area contributed by atoms with Gasteiger partial charge in [0.05, 0.1) is 13.2 Å². The maximum Gasteiger partial charge on any atom is 0.123 e. The molecule has 136 valence electrons. The van der Waals surface area contributed by atoms with Crippen LogP contribution in [0.3, 0.4) is 0 Å². The molecule has 1 heterocycles. The summed E-state index contributed by atoms with van der Waals surface area (Å²) in [7, 11) is 0. The number of nitrogens with zero attached hydrogens (tertiary/aromatic N) is 1. The first kappa shape index (κ1) is 19.3. The van der Waals surface area contributed by atoms with Crippen molar-refractivity contribution < 1.29 is 9.47 Å². The van der Waals surface area contributed by atoms with Gasteiger partial charge >= 0.3 is 0 Å². The Balaban J connectivity index is 1.70. The number of piperidine rings is 1. The fourth-order valence-corrected chi connectivity index (χ4v) is 3.36. The molecule has 0 aromatic heterocycles. The molecule has 0 amide bonds. The van der Waals surface area contributed by atoms with Gasteiger partial charge in [-0.3, -0.25) is 0 Å². The van der Waals surface area contributed by atoms with Crippen LogP contribution in [0.15, 0.2) is 18.2 Å². The summed E-state index contributed by atoms with van der Waals surface area (Å²) in [5, 5.41) is 0. The van der Waals surface area contributed by atoms with Crippen molar-refractivity contribution in [1.29, 1.82) is 0 Å². The highest BCUT2D eigenvalue weighted by Crippen LogP contribution is 2.32. The van der Waals surface area contributed by atoms with Crippen molar-refractivity contribution >= 4 is 0 Å². The van der Waals surface area contributed by atoms with E-state index in [0.29, 0.717) is 13.2 Å². The number of benzene rings is 1. The minimum absolute atomic E-state index is 0.0921. The fraction of sp³-hybridized carbons (Fsp3) is 0.714. The highest BCUT2D eigenvalue weighted by atomic mass is 16.5. The number of likely N-dealkylation sites (tertiary alicyclic amines) is 1. The van der Waals surface area contributed by atoms with Crippen LogP contribution in [-0.4, -0.2) is 44.4 Å². The van der Waals surface area contributed by atoms with Crippen LogP contribution in [0, 0.1) is 12.8 Å². The third-order valence-electron chi connectivity index (χ3n) is 4.72. The molecule has 0 bridgehead atoms. The standard InChI is InChI=1S/C21H35NO2/c1-17-8-9-19(21(3,4)5)20(15-17)24-14-13-23-12-11-22-10-6-7-18(2)16-22/h8-9,15,18H,6-7,10-14,16H2,1-5H3/t18-/m1/s1. The fourth-order valence-electron chi connectivity index (χ4n) is 3.36. The lowest BCUT2D eigenvalue weighted by Gasteiger charge is -2.30. The molecule has 0 radical (unpaired) electrons. The van der Waals surface area contributed by atoms with Gasteiger partial charge in [0.2, 0.25) is 0 Å². The normalized spacial score (nSPS) is 19.5. The van der Waals surface area contributed by atoms with E-state index in [4.69, 9.17) is 9.47 Å². The average molecular weight is 334 g/mol. The second-order valence-electron chi connectivity index (χ2n) is 8.26. The molecule has 0 saturated carbocycles. The summed E-state index contributed by atoms with van der Waals surface area (Å²) in [6.45, 7) is 16.7. The van der Waals surface area contributed by atoms with E-state index in [9.17, 15) is 0 Å². The Kier molecular flexibility index (Phi) is 7.12. The molecule has 24 heavy (non-hydrogen) atoms. The van der Waals surface area contributed by atoms with Crippen LogP contribution in [0.25, 0.3) is 0 Å². The van der Waals surface area contributed by atoms with Gasteiger partial charge in [0.1, 0.15) is 12.4 Å². The summed E-state index contributed by atoms with van der Waals surface area (Å²) in [5.74, 6) is 1.83. The minimum Gasteiger partial charge on any atom is -0.491 e. The molecular weight excluding hydrogens is 298 g/mol. The van der Waals surface area contributed by atoms with Gasteiger partial charge in [-0.25, -0.2) is 0 Å². The molecule has 3 heteroatoms. The maximum atomic E-state index is 6.01. The Hall–Kier alpha value is -1.06. The predicted octanol–water partition coefficient (Wildman–Crippen LogP) is 4.42. The molecule has 3 nitrogen and oxygen atoms in total. The van der Waals surface area contributed by atoms with Crippen LogP contribution >= 0.6 is 0 Å². The van der Waals surface area contributed by atoms with Crippen LogP contribution in [0.4, 0.5) is 0 Å². The zero-order valence-electron chi connectivity index (χ0n) is 16.2. The van der Waals surface area contributed by atoms with Crippen LogP contribution in [0.1, 0.15) is 51.7 Å². The van der Waals surface area contributed by atoms with E-state index < -0.39 is 0 Å². The van der Waals surface area contributed by atoms with E-state index in [1.54, 1.807) is 0 Å². The van der Waals surface area contributed by atoms with Crippen molar-refractivity contribution in [3.8, 4) is 5.75 Å². The molecule has 0 spiro atoms. The summed E-state index contributed by atoms with van der Waals surface area (Å²) >= 11 is 0. The SMILES string of the molecule is Cc1ccc(C(C)(C)C)c(OCCOCCN2CCC[C@@H](C)C2)c1. The van der Waals surface area contributed by atoms with E-state index in [-0.39, 0.29) is 5.41 Å². The molecule has 1 saturated heterocycles. The molecule has 1 aromatic carbocycles. The van der Waals surface area contributed by atoms with Crippen molar-refractivity contribution in [2.24, 2.45) is 5.92 Å². The molecule has 0 N–H and O–H groups in total. The van der Waals surface area contributed by atoms with E-state index >= 15 is 0 Å². The third-order valence-corrected chi connectivity index (χ3v) is 4.72. The lowest BCUT2D eigenvalue weighted by Crippen LogP contribution is -2.36. The Morgan fingerprint density at radius 3 is 2.67 bits per heavy atom. The highest BCUT2D eigenvalue weighted by Gasteiger charge is 2.19. The summed E-state index contributed by atoms with van der Waals surface area (Å²) in [5.41, 5.74) is 2.59. The smallest absolute Gasteiger partial charge is 0.123 e. The van der Waals surface area contributed by atoms with Crippen LogP contribution in [0.2, 0.25) is 0 Å². The van der Waals surface area contributed by atoms with Gasteiger partial charge in [-0.05, 0) is 54.8 Å². The van der Waals surface area contributed by atoms with Crippen molar-refractivity contribution in [1.82, 2.24) is 4.90 Å². The zero-order valence-corrected chi connectivity index (χ0v) is 16.2. The van der Waals surface area contributed by atoms with Crippen LogP contribution in [0.5, 0.6) is 5.75 Å². The summed E-state index contributed by atoms with van der Waals surface area (Å²) < 4.78 is 11.8. The Labute approximate surface area is 148 Å². The Bertz CT molecular complexity index is 507. The molecule has 2 rings (SSSR count). The molecule has 1 aromatic rings. The van der Waals surface area contributed by atoms with Crippen molar-refractivity contribution in [2.75, 3.05) is 39.5 Å². The van der Waals surface area contributed by atoms with Crippen molar-refractivity contribution in [2.45, 2.75) is 52.9 Å². The minimum atomic E-state index is 0.0921. The third kappa shape index (κ3) is 6.10. The molecule has 1 fully saturated rings. The van der Waals surface area contributed by atoms with Gasteiger partial charge in [0.25, 0.3) is 0 Å². The van der Waals surface area contributed by atoms with Gasteiger partial charge < -0.3 is 14.4 Å². The molecule has 0 unspecified atom stereocenters. The van der Waals surface area contributed by atoms with Crippen molar-refractivity contribution in [3.05, 3.63) is 29.3 Å². The number of hydrogen-bond acceptors (Lipinski definition) is 3. The quantitative estimate of drug-likeness (QED) is 0.690. The summed E-state index contributed by atoms with van der Waals surface area (Å²) in [4.78, 5) is 2.52. The van der Waals surface area contributed by atoms with Gasteiger partial charge in [0.15, 0.2) is 0 Å².